The molecule has 0 spiro atoms. The summed E-state index contributed by atoms with van der Waals surface area (Å²) in [6.45, 7) is 4.84. The van der Waals surface area contributed by atoms with E-state index in [4.69, 9.17) is 11.6 Å². The maximum atomic E-state index is 13.0. The number of fused-ring (bicyclic) bond motifs is 1. The molecule has 0 bridgehead atoms. The minimum Gasteiger partial charge on any atom is -0.299 e. The molecule has 4 rings (SSSR count). The Morgan fingerprint density at radius 1 is 1.11 bits per heavy atom. The first-order valence-electron chi connectivity index (χ1n) is 9.93. The van der Waals surface area contributed by atoms with Crippen LogP contribution in [0.25, 0.3) is 10.8 Å². The summed E-state index contributed by atoms with van der Waals surface area (Å²) >= 11 is 6.09. The number of piperidine rings is 1. The van der Waals surface area contributed by atoms with E-state index in [9.17, 15) is 4.79 Å². The maximum Gasteiger partial charge on any atom is 0.140 e. The molecule has 2 aromatic carbocycles. The van der Waals surface area contributed by atoms with Crippen molar-refractivity contribution in [3.63, 3.8) is 0 Å². The predicted octanol–water partition coefficient (Wildman–Crippen LogP) is 5.22. The van der Waals surface area contributed by atoms with Gasteiger partial charge in [-0.2, -0.15) is 0 Å². The summed E-state index contributed by atoms with van der Waals surface area (Å²) < 4.78 is 0. The highest BCUT2D eigenvalue weighted by Gasteiger charge is 2.25. The number of rotatable bonds is 5. The van der Waals surface area contributed by atoms with Crippen molar-refractivity contribution in [1.82, 2.24) is 9.88 Å². The second-order valence-corrected chi connectivity index (χ2v) is 8.17. The molecule has 0 atom stereocenters. The van der Waals surface area contributed by atoms with Gasteiger partial charge in [0.05, 0.1) is 0 Å². The van der Waals surface area contributed by atoms with Crippen molar-refractivity contribution in [3.8, 4) is 0 Å². The molecule has 0 radical (unpaired) electrons. The first-order valence-corrected chi connectivity index (χ1v) is 10.3. The van der Waals surface area contributed by atoms with Gasteiger partial charge in [-0.15, -0.1) is 0 Å². The number of hydrogen-bond donors (Lipinski definition) is 0. The van der Waals surface area contributed by atoms with E-state index in [2.05, 4.69) is 28.1 Å². The van der Waals surface area contributed by atoms with Crippen LogP contribution in [0.15, 0.2) is 54.7 Å². The van der Waals surface area contributed by atoms with Gasteiger partial charge in [-0.3, -0.25) is 14.7 Å². The summed E-state index contributed by atoms with van der Waals surface area (Å²) in [6, 6.07) is 16.3. The van der Waals surface area contributed by atoms with E-state index in [1.165, 1.54) is 5.56 Å². The molecule has 1 aliphatic heterocycles. The van der Waals surface area contributed by atoms with Crippen molar-refractivity contribution < 1.29 is 4.79 Å². The van der Waals surface area contributed by atoms with Crippen LogP contribution in [0.4, 0.5) is 0 Å². The summed E-state index contributed by atoms with van der Waals surface area (Å²) in [6.07, 6.45) is 4.22. The summed E-state index contributed by atoms with van der Waals surface area (Å²) in [5, 5.41) is 3.08. The topological polar surface area (TPSA) is 33.2 Å². The number of aryl methyl sites for hydroxylation is 1. The van der Waals surface area contributed by atoms with Gasteiger partial charge in [-0.1, -0.05) is 41.9 Å². The van der Waals surface area contributed by atoms with Crippen LogP contribution in [-0.2, 0) is 17.8 Å². The van der Waals surface area contributed by atoms with E-state index in [0.717, 1.165) is 59.5 Å². The predicted molar refractivity (Wildman–Crippen MR) is 115 cm³/mol. The number of benzene rings is 2. The van der Waals surface area contributed by atoms with Gasteiger partial charge >= 0.3 is 0 Å². The van der Waals surface area contributed by atoms with E-state index in [-0.39, 0.29) is 5.92 Å². The van der Waals surface area contributed by atoms with E-state index >= 15 is 0 Å². The largest absolute Gasteiger partial charge is 0.299 e. The van der Waals surface area contributed by atoms with Crippen molar-refractivity contribution in [2.45, 2.75) is 32.7 Å². The number of aromatic nitrogens is 1. The molecule has 2 heterocycles. The van der Waals surface area contributed by atoms with Gasteiger partial charge in [0.1, 0.15) is 5.78 Å². The standard InChI is InChI=1S/C24H25ClN2O/c1-17-22-7-3-5-20(23(22)8-11-26-17)15-24(28)19-9-12-27(13-10-19)16-18-4-2-6-21(25)14-18/h2-8,11,14,19H,9-10,12-13,15-16H2,1H3. The Balaban J connectivity index is 1.38. The summed E-state index contributed by atoms with van der Waals surface area (Å²) in [7, 11) is 0. The lowest BCUT2D eigenvalue weighted by molar-refractivity contribution is -0.123. The lowest BCUT2D eigenvalue weighted by atomic mass is 9.88. The Labute approximate surface area is 171 Å². The number of halogens is 1. The zero-order chi connectivity index (χ0) is 19.5. The Bertz CT molecular complexity index is 993. The minimum atomic E-state index is 0.161. The number of ketones is 1. The van der Waals surface area contributed by atoms with E-state index < -0.39 is 0 Å². The fourth-order valence-corrected chi connectivity index (χ4v) is 4.42. The maximum absolute atomic E-state index is 13.0. The molecule has 0 saturated carbocycles. The molecule has 144 valence electrons. The molecule has 1 aromatic heterocycles. The molecule has 28 heavy (non-hydrogen) atoms. The highest BCUT2D eigenvalue weighted by Crippen LogP contribution is 2.25. The zero-order valence-electron chi connectivity index (χ0n) is 16.2. The molecular formula is C24H25ClN2O. The van der Waals surface area contributed by atoms with Crippen molar-refractivity contribution in [1.29, 1.82) is 0 Å². The third kappa shape index (κ3) is 4.26. The van der Waals surface area contributed by atoms with Crippen LogP contribution in [-0.4, -0.2) is 28.8 Å². The van der Waals surface area contributed by atoms with Crippen LogP contribution in [0, 0.1) is 12.8 Å². The molecule has 0 unspecified atom stereocenters. The Kier molecular flexibility index (Phi) is 5.74. The Morgan fingerprint density at radius 3 is 2.68 bits per heavy atom. The Hall–Kier alpha value is -2.23. The highest BCUT2D eigenvalue weighted by atomic mass is 35.5. The van der Waals surface area contributed by atoms with Gasteiger partial charge in [0.15, 0.2) is 0 Å². The van der Waals surface area contributed by atoms with Crippen molar-refractivity contribution in [2.75, 3.05) is 13.1 Å². The highest BCUT2D eigenvalue weighted by molar-refractivity contribution is 6.30. The second kappa shape index (κ2) is 8.42. The number of hydrogen-bond acceptors (Lipinski definition) is 3. The normalized spacial score (nSPS) is 15.8. The first-order chi connectivity index (χ1) is 13.6. The van der Waals surface area contributed by atoms with Crippen LogP contribution in [0.5, 0.6) is 0 Å². The van der Waals surface area contributed by atoms with Gasteiger partial charge in [0.25, 0.3) is 0 Å². The number of carbonyl (C=O) groups is 1. The van der Waals surface area contributed by atoms with Gasteiger partial charge in [0, 0.05) is 41.2 Å². The molecule has 0 amide bonds. The van der Waals surface area contributed by atoms with Crippen molar-refractivity contribution >= 4 is 28.2 Å². The van der Waals surface area contributed by atoms with Gasteiger partial charge < -0.3 is 0 Å². The fraction of sp³-hybridized carbons (Fsp3) is 0.333. The number of pyridine rings is 1. The van der Waals surface area contributed by atoms with Gasteiger partial charge in [-0.05, 0) is 67.6 Å². The monoisotopic (exact) mass is 392 g/mol. The average Bonchev–Trinajstić information content (AvgIpc) is 2.69. The van der Waals surface area contributed by atoms with E-state index in [1.54, 1.807) is 0 Å². The van der Waals surface area contributed by atoms with Crippen LogP contribution < -0.4 is 0 Å². The molecule has 1 aliphatic rings. The van der Waals surface area contributed by atoms with Crippen LogP contribution in [0.2, 0.25) is 5.02 Å². The lowest BCUT2D eigenvalue weighted by Gasteiger charge is -2.31. The number of Topliss-reactive ketones (excluding diaryl/α,β-unsaturated/α-hetero) is 1. The molecule has 0 aliphatic carbocycles. The first kappa shape index (κ1) is 19.1. The SMILES string of the molecule is Cc1nccc2c(CC(=O)C3CCN(Cc4cccc(Cl)c4)CC3)cccc12. The molecule has 3 aromatic rings. The quantitative estimate of drug-likeness (QED) is 0.596. The third-order valence-corrected chi connectivity index (χ3v) is 6.03. The zero-order valence-corrected chi connectivity index (χ0v) is 17.0. The average molecular weight is 393 g/mol. The number of carbonyl (C=O) groups excluding carboxylic acids is 1. The third-order valence-electron chi connectivity index (χ3n) is 5.80. The van der Waals surface area contributed by atoms with E-state index in [0.29, 0.717) is 12.2 Å². The number of likely N-dealkylation sites (tertiary alicyclic amines) is 1. The minimum absolute atomic E-state index is 0.161. The molecular weight excluding hydrogens is 368 g/mol. The molecule has 3 nitrogen and oxygen atoms in total. The van der Waals surface area contributed by atoms with Crippen LogP contribution >= 0.6 is 11.6 Å². The smallest absolute Gasteiger partial charge is 0.140 e. The second-order valence-electron chi connectivity index (χ2n) is 7.73. The Morgan fingerprint density at radius 2 is 1.89 bits per heavy atom. The van der Waals surface area contributed by atoms with Gasteiger partial charge in [0.2, 0.25) is 0 Å². The summed E-state index contributed by atoms with van der Waals surface area (Å²) in [4.78, 5) is 19.7. The molecule has 1 fully saturated rings. The van der Waals surface area contributed by atoms with Crippen molar-refractivity contribution in [3.05, 3.63) is 76.6 Å². The fourth-order valence-electron chi connectivity index (χ4n) is 4.21. The lowest BCUT2D eigenvalue weighted by Crippen LogP contribution is -2.36. The van der Waals surface area contributed by atoms with Crippen LogP contribution in [0.1, 0.15) is 29.7 Å². The molecule has 0 N–H and O–H groups in total. The van der Waals surface area contributed by atoms with E-state index in [1.807, 2.05) is 43.5 Å². The van der Waals surface area contributed by atoms with Crippen molar-refractivity contribution in [2.24, 2.45) is 5.92 Å². The summed E-state index contributed by atoms with van der Waals surface area (Å²) in [5.74, 6) is 0.526. The van der Waals surface area contributed by atoms with Crippen LogP contribution in [0.3, 0.4) is 0 Å². The number of nitrogens with zero attached hydrogens (tertiary/aromatic N) is 2. The molecule has 4 heteroatoms. The van der Waals surface area contributed by atoms with Gasteiger partial charge in [-0.25, -0.2) is 0 Å². The summed E-state index contributed by atoms with van der Waals surface area (Å²) in [5.41, 5.74) is 3.37. The molecule has 1 saturated heterocycles.